The van der Waals surface area contributed by atoms with Gasteiger partial charge >= 0.3 is 12.4 Å². The van der Waals surface area contributed by atoms with Gasteiger partial charge in [0.15, 0.2) is 11.5 Å². The molecule has 0 unspecified atom stereocenters. The third-order valence-electron chi connectivity index (χ3n) is 5.86. The van der Waals surface area contributed by atoms with Gasteiger partial charge in [-0.05, 0) is 25.3 Å². The normalized spacial score (nSPS) is 22.1. The van der Waals surface area contributed by atoms with Crippen LogP contribution in [0, 0.1) is 5.41 Å². The van der Waals surface area contributed by atoms with Gasteiger partial charge in [-0.25, -0.2) is 9.97 Å². The van der Waals surface area contributed by atoms with E-state index in [0.717, 1.165) is 12.3 Å². The molecule has 3 aliphatic rings. The summed E-state index contributed by atoms with van der Waals surface area (Å²) in [6.07, 6.45) is -6.89. The molecular formula is C20H14F6N6OS. The SMILES string of the molecule is Cn1c(C2=NC=C(C3=NOC(C4(C(F)(F)F)CC4)=C=N3)C[C@@H]2S)nc2cc(C(F)(F)F)cnc21. The zero-order chi connectivity index (χ0) is 24.5. The van der Waals surface area contributed by atoms with E-state index in [1.54, 1.807) is 7.05 Å². The fraction of sp³-hybridized carbons (Fsp3) is 0.400. The lowest BCUT2D eigenvalue weighted by molar-refractivity contribution is -0.185. The van der Waals surface area contributed by atoms with Crippen LogP contribution in [0.2, 0.25) is 0 Å². The van der Waals surface area contributed by atoms with Gasteiger partial charge in [0.25, 0.3) is 0 Å². The Morgan fingerprint density at radius 3 is 2.50 bits per heavy atom. The largest absolute Gasteiger partial charge is 0.417 e. The fourth-order valence-corrected chi connectivity index (χ4v) is 4.11. The number of fused-ring (bicyclic) bond motifs is 1. The van der Waals surface area contributed by atoms with Crippen molar-refractivity contribution in [1.29, 1.82) is 0 Å². The first-order valence-electron chi connectivity index (χ1n) is 9.92. The van der Waals surface area contributed by atoms with E-state index in [2.05, 4.69) is 43.6 Å². The molecule has 2 aromatic rings. The van der Waals surface area contributed by atoms with Gasteiger partial charge in [0.1, 0.15) is 10.9 Å². The van der Waals surface area contributed by atoms with Crippen molar-refractivity contribution in [1.82, 2.24) is 14.5 Å². The summed E-state index contributed by atoms with van der Waals surface area (Å²) in [5.74, 6) is 2.16. The van der Waals surface area contributed by atoms with Crippen LogP contribution in [0.15, 0.2) is 44.9 Å². The molecule has 0 N–H and O–H groups in total. The summed E-state index contributed by atoms with van der Waals surface area (Å²) in [4.78, 5) is 21.3. The maximum Gasteiger partial charge on any atom is 0.417 e. The number of halogens is 6. The van der Waals surface area contributed by atoms with Gasteiger partial charge in [-0.1, -0.05) is 5.16 Å². The minimum atomic E-state index is -4.55. The van der Waals surface area contributed by atoms with Crippen molar-refractivity contribution in [3.63, 3.8) is 0 Å². The minimum absolute atomic E-state index is 0.0186. The van der Waals surface area contributed by atoms with Gasteiger partial charge < -0.3 is 9.40 Å². The van der Waals surface area contributed by atoms with E-state index in [0.29, 0.717) is 11.3 Å². The molecule has 1 atom stereocenters. The van der Waals surface area contributed by atoms with E-state index >= 15 is 0 Å². The van der Waals surface area contributed by atoms with Crippen LogP contribution in [-0.4, -0.2) is 43.4 Å². The molecule has 5 rings (SSSR count). The number of hydrogen-bond acceptors (Lipinski definition) is 7. The van der Waals surface area contributed by atoms with Crippen LogP contribution in [0.4, 0.5) is 26.3 Å². The highest BCUT2D eigenvalue weighted by molar-refractivity contribution is 7.81. The van der Waals surface area contributed by atoms with Crippen molar-refractivity contribution in [3.8, 4) is 0 Å². The molecule has 1 aliphatic carbocycles. The predicted molar refractivity (Wildman–Crippen MR) is 113 cm³/mol. The van der Waals surface area contributed by atoms with Gasteiger partial charge in [-0.2, -0.15) is 44.0 Å². The number of thiol groups is 1. The molecule has 2 aliphatic heterocycles. The lowest BCUT2D eigenvalue weighted by Crippen LogP contribution is -2.29. The Hall–Kier alpha value is -3.12. The summed E-state index contributed by atoms with van der Waals surface area (Å²) in [6.45, 7) is 0. The average molecular weight is 500 g/mol. The summed E-state index contributed by atoms with van der Waals surface area (Å²) in [7, 11) is 1.59. The van der Waals surface area contributed by atoms with E-state index in [-0.39, 0.29) is 42.1 Å². The number of rotatable bonds is 3. The van der Waals surface area contributed by atoms with Gasteiger partial charge in [0.2, 0.25) is 11.6 Å². The summed E-state index contributed by atoms with van der Waals surface area (Å²) in [6, 6.07) is 0.907. The molecule has 4 heterocycles. The second-order valence-electron chi connectivity index (χ2n) is 8.09. The van der Waals surface area contributed by atoms with E-state index in [1.165, 1.54) is 10.8 Å². The summed E-state index contributed by atoms with van der Waals surface area (Å²) >= 11 is 4.52. The van der Waals surface area contributed by atoms with E-state index in [9.17, 15) is 26.3 Å². The van der Waals surface area contributed by atoms with Crippen LogP contribution < -0.4 is 0 Å². The Morgan fingerprint density at radius 2 is 1.94 bits per heavy atom. The van der Waals surface area contributed by atoms with Crippen LogP contribution in [-0.2, 0) is 18.1 Å². The lowest BCUT2D eigenvalue weighted by atomic mass is 10.0. The first-order chi connectivity index (χ1) is 15.9. The van der Waals surface area contributed by atoms with Crippen molar-refractivity contribution in [2.45, 2.75) is 36.9 Å². The van der Waals surface area contributed by atoms with Crippen LogP contribution in [0.25, 0.3) is 11.2 Å². The molecule has 7 nitrogen and oxygen atoms in total. The second kappa shape index (κ2) is 7.44. The van der Waals surface area contributed by atoms with Crippen molar-refractivity contribution < 1.29 is 31.2 Å². The van der Waals surface area contributed by atoms with Crippen molar-refractivity contribution >= 4 is 41.2 Å². The smallest absolute Gasteiger partial charge is 0.348 e. The lowest BCUT2D eigenvalue weighted by Gasteiger charge is -2.21. The van der Waals surface area contributed by atoms with Crippen molar-refractivity contribution in [2.24, 2.45) is 27.6 Å². The Kier molecular flexibility index (Phi) is 4.96. The number of hydrogen-bond donors (Lipinski definition) is 1. The molecule has 0 radical (unpaired) electrons. The Bertz CT molecular complexity index is 1360. The first kappa shape index (κ1) is 22.7. The number of allylic oxidation sites excluding steroid dienone is 1. The molecule has 0 spiro atoms. The molecule has 0 saturated heterocycles. The molecule has 1 fully saturated rings. The molecule has 0 aromatic carbocycles. The van der Waals surface area contributed by atoms with E-state index in [4.69, 9.17) is 4.84 Å². The van der Waals surface area contributed by atoms with Gasteiger partial charge in [-0.3, -0.25) is 4.99 Å². The molecule has 178 valence electrons. The monoisotopic (exact) mass is 500 g/mol. The Labute approximate surface area is 193 Å². The van der Waals surface area contributed by atoms with Gasteiger partial charge in [0, 0.05) is 30.9 Å². The number of aliphatic imine (C=N–C) groups is 2. The summed E-state index contributed by atoms with van der Waals surface area (Å²) < 4.78 is 80.2. The number of aromatic nitrogens is 3. The van der Waals surface area contributed by atoms with Crippen LogP contribution in [0.5, 0.6) is 0 Å². The van der Waals surface area contributed by atoms with Crippen molar-refractivity contribution in [2.75, 3.05) is 0 Å². The van der Waals surface area contributed by atoms with Gasteiger partial charge in [-0.15, -0.1) is 0 Å². The third-order valence-corrected chi connectivity index (χ3v) is 6.28. The molecule has 34 heavy (non-hydrogen) atoms. The zero-order valence-corrected chi connectivity index (χ0v) is 18.1. The van der Waals surface area contributed by atoms with Crippen LogP contribution in [0.1, 0.15) is 30.7 Å². The van der Waals surface area contributed by atoms with E-state index < -0.39 is 34.3 Å². The number of nitrogens with zero attached hydrogens (tertiary/aromatic N) is 6. The quantitative estimate of drug-likeness (QED) is 0.494. The maximum atomic E-state index is 13.2. The van der Waals surface area contributed by atoms with E-state index in [1.807, 2.05) is 0 Å². The highest BCUT2D eigenvalue weighted by Crippen LogP contribution is 2.62. The number of imidazole rings is 1. The number of alkyl halides is 6. The number of pyridine rings is 1. The minimum Gasteiger partial charge on any atom is -0.348 e. The van der Waals surface area contributed by atoms with Crippen molar-refractivity contribution in [3.05, 3.63) is 41.2 Å². The zero-order valence-electron chi connectivity index (χ0n) is 17.2. The Morgan fingerprint density at radius 1 is 1.21 bits per heavy atom. The third kappa shape index (κ3) is 3.61. The maximum absolute atomic E-state index is 13.2. The number of oxime groups is 1. The number of aryl methyl sites for hydroxylation is 1. The second-order valence-corrected chi connectivity index (χ2v) is 8.71. The molecule has 0 amide bonds. The standard InChI is InChI=1S/C20H14F6N6OS/c1-32-16-11(5-10(7-29-16)19(21,22)23)30-17(32)14-12(34)4-9(6-27-14)15-28-8-13(33-31-15)18(2-3-18)20(24,25)26/h5-7,12,34H,2-4H2,1H3/t12-/m0/s1. The molecule has 1 saturated carbocycles. The first-order valence-corrected chi connectivity index (χ1v) is 10.4. The topological polar surface area (TPSA) is 77.0 Å². The Balaban J connectivity index is 1.44. The highest BCUT2D eigenvalue weighted by Gasteiger charge is 2.68. The van der Waals surface area contributed by atoms with Gasteiger partial charge in [0.05, 0.1) is 16.5 Å². The molecule has 2 aromatic heterocycles. The summed E-state index contributed by atoms with van der Waals surface area (Å²) in [5.41, 5.74) is -1.87. The number of amidine groups is 1. The summed E-state index contributed by atoms with van der Waals surface area (Å²) in [5, 5.41) is 3.16. The fourth-order valence-electron chi connectivity index (χ4n) is 3.73. The molecular weight excluding hydrogens is 486 g/mol. The molecule has 14 heteroatoms. The van der Waals surface area contributed by atoms with Crippen LogP contribution >= 0.6 is 12.6 Å². The predicted octanol–water partition coefficient (Wildman–Crippen LogP) is 4.60. The average Bonchev–Trinajstić information content (AvgIpc) is 3.53. The van der Waals surface area contributed by atoms with Crippen LogP contribution in [0.3, 0.4) is 0 Å². The molecule has 0 bridgehead atoms. The highest BCUT2D eigenvalue weighted by atomic mass is 32.1.